The minimum atomic E-state index is -0.236. The van der Waals surface area contributed by atoms with Crippen molar-refractivity contribution in [2.75, 3.05) is 13.2 Å². The molecule has 1 aliphatic heterocycles. The predicted molar refractivity (Wildman–Crippen MR) is 70.2 cm³/mol. The van der Waals surface area contributed by atoms with Crippen molar-refractivity contribution >= 4 is 21.8 Å². The maximum Gasteiger partial charge on any atom is 0.252 e. The highest BCUT2D eigenvalue weighted by molar-refractivity contribution is 9.10. The molecule has 0 saturated carbocycles. The molecule has 2 rings (SSSR count). The molecule has 0 bridgehead atoms. The summed E-state index contributed by atoms with van der Waals surface area (Å²) in [4.78, 5) is 12.2. The summed E-state index contributed by atoms with van der Waals surface area (Å²) >= 11 is 3.46. The average Bonchev–Trinajstić information content (AvgIpc) is 2.68. The van der Waals surface area contributed by atoms with Crippen molar-refractivity contribution < 1.29 is 9.53 Å². The van der Waals surface area contributed by atoms with Crippen LogP contribution in [-0.2, 0) is 4.74 Å². The molecule has 1 aromatic carbocycles. The van der Waals surface area contributed by atoms with Gasteiger partial charge in [0.15, 0.2) is 0 Å². The SMILES string of the molecule is Cc1cccc(C(=O)NC2(C)CCOC2)c1Br. The Kier molecular flexibility index (Phi) is 3.54. The van der Waals surface area contributed by atoms with Crippen LogP contribution in [0.25, 0.3) is 0 Å². The van der Waals surface area contributed by atoms with Gasteiger partial charge in [0.1, 0.15) is 0 Å². The van der Waals surface area contributed by atoms with Crippen LogP contribution in [0.15, 0.2) is 22.7 Å². The number of carbonyl (C=O) groups is 1. The van der Waals surface area contributed by atoms with E-state index in [4.69, 9.17) is 4.74 Å². The molecule has 1 aromatic rings. The molecular formula is C13H16BrNO2. The van der Waals surface area contributed by atoms with E-state index in [9.17, 15) is 4.79 Å². The van der Waals surface area contributed by atoms with E-state index in [1.165, 1.54) is 0 Å². The van der Waals surface area contributed by atoms with Crippen LogP contribution in [0.4, 0.5) is 0 Å². The van der Waals surface area contributed by atoms with Crippen molar-refractivity contribution in [2.45, 2.75) is 25.8 Å². The Morgan fingerprint density at radius 3 is 2.94 bits per heavy atom. The molecular weight excluding hydrogens is 282 g/mol. The second kappa shape index (κ2) is 4.78. The molecule has 0 spiro atoms. The van der Waals surface area contributed by atoms with E-state index in [2.05, 4.69) is 21.2 Å². The fourth-order valence-corrected chi connectivity index (χ4v) is 2.37. The number of hydrogen-bond acceptors (Lipinski definition) is 2. The summed E-state index contributed by atoms with van der Waals surface area (Å²) in [5.41, 5.74) is 1.50. The van der Waals surface area contributed by atoms with Gasteiger partial charge in [0.25, 0.3) is 5.91 Å². The Hall–Kier alpha value is -0.870. The van der Waals surface area contributed by atoms with Crippen LogP contribution in [-0.4, -0.2) is 24.7 Å². The van der Waals surface area contributed by atoms with Crippen LogP contribution < -0.4 is 5.32 Å². The minimum absolute atomic E-state index is 0.0476. The van der Waals surface area contributed by atoms with E-state index >= 15 is 0 Å². The lowest BCUT2D eigenvalue weighted by Gasteiger charge is -2.24. The van der Waals surface area contributed by atoms with Crippen LogP contribution in [0.2, 0.25) is 0 Å². The summed E-state index contributed by atoms with van der Waals surface area (Å²) < 4.78 is 6.19. The predicted octanol–water partition coefficient (Wildman–Crippen LogP) is 2.67. The van der Waals surface area contributed by atoms with Crippen molar-refractivity contribution in [1.82, 2.24) is 5.32 Å². The van der Waals surface area contributed by atoms with Crippen molar-refractivity contribution in [1.29, 1.82) is 0 Å². The van der Waals surface area contributed by atoms with Gasteiger partial charge < -0.3 is 10.1 Å². The Balaban J connectivity index is 2.17. The van der Waals surface area contributed by atoms with Gasteiger partial charge in [-0.15, -0.1) is 0 Å². The van der Waals surface area contributed by atoms with Gasteiger partial charge >= 0.3 is 0 Å². The van der Waals surface area contributed by atoms with E-state index in [1.54, 1.807) is 0 Å². The molecule has 17 heavy (non-hydrogen) atoms. The molecule has 1 saturated heterocycles. The number of carbonyl (C=O) groups excluding carboxylic acids is 1. The molecule has 1 aliphatic rings. The van der Waals surface area contributed by atoms with Gasteiger partial charge in [0.2, 0.25) is 0 Å². The number of aryl methyl sites for hydroxylation is 1. The molecule has 0 aliphatic carbocycles. The number of rotatable bonds is 2. The molecule has 1 amide bonds. The summed E-state index contributed by atoms with van der Waals surface area (Å²) in [5, 5.41) is 3.05. The fourth-order valence-electron chi connectivity index (χ4n) is 1.93. The van der Waals surface area contributed by atoms with E-state index in [0.29, 0.717) is 18.8 Å². The van der Waals surface area contributed by atoms with Gasteiger partial charge in [-0.1, -0.05) is 12.1 Å². The van der Waals surface area contributed by atoms with Gasteiger partial charge in [0.05, 0.1) is 17.7 Å². The number of nitrogens with one attached hydrogen (secondary N) is 1. The third kappa shape index (κ3) is 2.69. The summed E-state index contributed by atoms with van der Waals surface area (Å²) in [6.07, 6.45) is 0.863. The molecule has 92 valence electrons. The van der Waals surface area contributed by atoms with Gasteiger partial charge in [-0.3, -0.25) is 4.79 Å². The van der Waals surface area contributed by atoms with Crippen LogP contribution >= 0.6 is 15.9 Å². The molecule has 1 unspecified atom stereocenters. The molecule has 1 fully saturated rings. The summed E-state index contributed by atoms with van der Waals surface area (Å²) in [7, 11) is 0. The van der Waals surface area contributed by atoms with Crippen LogP contribution in [0.3, 0.4) is 0 Å². The quantitative estimate of drug-likeness (QED) is 0.911. The lowest BCUT2D eigenvalue weighted by atomic mass is 10.0. The monoisotopic (exact) mass is 297 g/mol. The summed E-state index contributed by atoms with van der Waals surface area (Å²) in [5.74, 6) is -0.0476. The van der Waals surface area contributed by atoms with Gasteiger partial charge in [-0.05, 0) is 47.8 Å². The Morgan fingerprint density at radius 1 is 1.53 bits per heavy atom. The van der Waals surface area contributed by atoms with Crippen molar-refractivity contribution in [3.8, 4) is 0 Å². The maximum atomic E-state index is 12.2. The first-order valence-corrected chi connectivity index (χ1v) is 6.46. The van der Waals surface area contributed by atoms with Crippen molar-refractivity contribution in [3.05, 3.63) is 33.8 Å². The smallest absolute Gasteiger partial charge is 0.252 e. The highest BCUT2D eigenvalue weighted by Crippen LogP contribution is 2.23. The topological polar surface area (TPSA) is 38.3 Å². The number of ether oxygens (including phenoxy) is 1. The fraction of sp³-hybridized carbons (Fsp3) is 0.462. The molecule has 0 radical (unpaired) electrons. The number of benzene rings is 1. The van der Waals surface area contributed by atoms with Crippen molar-refractivity contribution in [2.24, 2.45) is 0 Å². The molecule has 0 aromatic heterocycles. The third-order valence-corrected chi connectivity index (χ3v) is 4.12. The van der Waals surface area contributed by atoms with Crippen molar-refractivity contribution in [3.63, 3.8) is 0 Å². The lowest BCUT2D eigenvalue weighted by Crippen LogP contribution is -2.46. The molecule has 4 heteroatoms. The van der Waals surface area contributed by atoms with E-state index in [0.717, 1.165) is 16.5 Å². The Morgan fingerprint density at radius 2 is 2.29 bits per heavy atom. The standard InChI is InChI=1S/C13H16BrNO2/c1-9-4-3-5-10(11(9)14)12(16)15-13(2)6-7-17-8-13/h3-5H,6-8H2,1-2H3,(H,15,16). The van der Waals surface area contributed by atoms with E-state index < -0.39 is 0 Å². The Bertz CT molecular complexity index is 439. The van der Waals surface area contributed by atoms with Crippen LogP contribution in [0.1, 0.15) is 29.3 Å². The number of hydrogen-bond donors (Lipinski definition) is 1. The lowest BCUT2D eigenvalue weighted by molar-refractivity contribution is 0.0889. The van der Waals surface area contributed by atoms with Crippen LogP contribution in [0.5, 0.6) is 0 Å². The maximum absolute atomic E-state index is 12.2. The first kappa shape index (κ1) is 12.6. The van der Waals surface area contributed by atoms with Crippen LogP contribution in [0, 0.1) is 6.92 Å². The molecule has 1 N–H and O–H groups in total. The third-order valence-electron chi connectivity index (χ3n) is 3.07. The first-order valence-electron chi connectivity index (χ1n) is 5.67. The largest absolute Gasteiger partial charge is 0.379 e. The number of halogens is 1. The zero-order valence-electron chi connectivity index (χ0n) is 10.0. The van der Waals surface area contributed by atoms with E-state index in [-0.39, 0.29) is 11.4 Å². The van der Waals surface area contributed by atoms with E-state index in [1.807, 2.05) is 32.0 Å². The van der Waals surface area contributed by atoms with Gasteiger partial charge in [-0.2, -0.15) is 0 Å². The van der Waals surface area contributed by atoms with Gasteiger partial charge in [0, 0.05) is 11.1 Å². The second-order valence-corrected chi connectivity index (χ2v) is 5.55. The molecule has 1 atom stereocenters. The molecule has 3 nitrogen and oxygen atoms in total. The minimum Gasteiger partial charge on any atom is -0.379 e. The summed E-state index contributed by atoms with van der Waals surface area (Å²) in [6, 6.07) is 5.69. The second-order valence-electron chi connectivity index (χ2n) is 4.75. The zero-order chi connectivity index (χ0) is 12.5. The normalized spacial score (nSPS) is 23.7. The molecule has 1 heterocycles. The first-order chi connectivity index (χ1) is 8.02. The zero-order valence-corrected chi connectivity index (χ0v) is 11.6. The summed E-state index contributed by atoms with van der Waals surface area (Å²) in [6.45, 7) is 5.29. The Labute approximate surface area is 110 Å². The highest BCUT2D eigenvalue weighted by atomic mass is 79.9. The van der Waals surface area contributed by atoms with Gasteiger partial charge in [-0.25, -0.2) is 0 Å². The highest BCUT2D eigenvalue weighted by Gasteiger charge is 2.31. The number of amides is 1. The average molecular weight is 298 g/mol.